The number of ketones is 1. The number of likely N-dealkylation sites (tertiary alicyclic amines) is 1. The Kier molecular flexibility index (Phi) is 4.00. The first-order chi connectivity index (χ1) is 7.66. The first-order valence-electron chi connectivity index (χ1n) is 5.65. The average molecular weight is 258 g/mol. The van der Waals surface area contributed by atoms with Gasteiger partial charge in [-0.25, -0.2) is 0 Å². The summed E-state index contributed by atoms with van der Waals surface area (Å²) in [7, 11) is 0. The molecule has 2 rings (SSSR count). The summed E-state index contributed by atoms with van der Waals surface area (Å²) in [5.41, 5.74) is 0. The number of rotatable bonds is 3. The normalized spacial score (nSPS) is 22.2. The van der Waals surface area contributed by atoms with Crippen LogP contribution in [0.25, 0.3) is 0 Å². The van der Waals surface area contributed by atoms with E-state index in [9.17, 15) is 4.79 Å². The molecule has 0 N–H and O–H groups in total. The highest BCUT2D eigenvalue weighted by molar-refractivity contribution is 7.16. The second kappa shape index (κ2) is 5.30. The minimum Gasteiger partial charge on any atom is -0.298 e. The van der Waals surface area contributed by atoms with Gasteiger partial charge in [-0.2, -0.15) is 0 Å². The lowest BCUT2D eigenvalue weighted by molar-refractivity contribution is -0.123. The van der Waals surface area contributed by atoms with E-state index in [2.05, 4.69) is 11.0 Å². The number of Topliss-reactive ketones (excluding diaryl/α,β-unsaturated/α-hetero) is 1. The van der Waals surface area contributed by atoms with Gasteiger partial charge in [-0.3, -0.25) is 9.69 Å². The molecule has 1 aromatic rings. The van der Waals surface area contributed by atoms with Gasteiger partial charge in [-0.15, -0.1) is 11.3 Å². The summed E-state index contributed by atoms with van der Waals surface area (Å²) >= 11 is 7.52. The lowest BCUT2D eigenvalue weighted by Gasteiger charge is -2.33. The molecule has 1 fully saturated rings. The Hall–Kier alpha value is -0.380. The molecular weight excluding hydrogens is 242 g/mol. The minimum atomic E-state index is 0.120. The van der Waals surface area contributed by atoms with Crippen LogP contribution in [0.15, 0.2) is 12.1 Å². The molecule has 1 aromatic heterocycles. The number of piperidine rings is 1. The maximum absolute atomic E-state index is 11.5. The molecule has 0 amide bonds. The van der Waals surface area contributed by atoms with Crippen LogP contribution in [0.1, 0.15) is 31.1 Å². The van der Waals surface area contributed by atoms with Crippen molar-refractivity contribution in [1.29, 1.82) is 0 Å². The fraction of sp³-hybridized carbons (Fsp3) is 0.583. The Labute approximate surface area is 105 Å². The molecule has 2 nitrogen and oxygen atoms in total. The summed E-state index contributed by atoms with van der Waals surface area (Å²) in [6.07, 6.45) is 3.38. The van der Waals surface area contributed by atoms with Crippen molar-refractivity contribution in [3.05, 3.63) is 21.3 Å². The Bertz CT molecular complexity index is 377. The van der Waals surface area contributed by atoms with Crippen molar-refractivity contribution in [3.63, 3.8) is 0 Å². The molecule has 16 heavy (non-hydrogen) atoms. The summed E-state index contributed by atoms with van der Waals surface area (Å²) in [4.78, 5) is 15.1. The lowest BCUT2D eigenvalue weighted by Crippen LogP contribution is -2.42. The van der Waals surface area contributed by atoms with Crippen molar-refractivity contribution in [2.45, 2.75) is 38.8 Å². The van der Waals surface area contributed by atoms with Gasteiger partial charge in [-0.05, 0) is 38.4 Å². The zero-order valence-electron chi connectivity index (χ0n) is 9.41. The molecule has 1 unspecified atom stereocenters. The summed E-state index contributed by atoms with van der Waals surface area (Å²) in [5.74, 6) is 0.294. The molecule has 0 bridgehead atoms. The Morgan fingerprint density at radius 1 is 1.56 bits per heavy atom. The van der Waals surface area contributed by atoms with Crippen molar-refractivity contribution < 1.29 is 4.79 Å². The van der Waals surface area contributed by atoms with E-state index < -0.39 is 0 Å². The molecule has 0 aromatic carbocycles. The van der Waals surface area contributed by atoms with Crippen LogP contribution in [0.3, 0.4) is 0 Å². The summed E-state index contributed by atoms with van der Waals surface area (Å²) < 4.78 is 0.825. The Morgan fingerprint density at radius 2 is 2.38 bits per heavy atom. The molecule has 2 heterocycles. The molecule has 1 aliphatic rings. The van der Waals surface area contributed by atoms with E-state index in [4.69, 9.17) is 11.6 Å². The fourth-order valence-corrected chi connectivity index (χ4v) is 3.39. The third-order valence-corrected chi connectivity index (χ3v) is 4.29. The zero-order valence-corrected chi connectivity index (χ0v) is 11.0. The number of halogens is 1. The highest BCUT2D eigenvalue weighted by Gasteiger charge is 2.26. The van der Waals surface area contributed by atoms with Gasteiger partial charge in [0, 0.05) is 11.4 Å². The maximum atomic E-state index is 11.5. The van der Waals surface area contributed by atoms with Gasteiger partial charge in [0.1, 0.15) is 5.78 Å². The van der Waals surface area contributed by atoms with E-state index in [1.165, 1.54) is 17.7 Å². The second-order valence-corrected chi connectivity index (χ2v) is 6.10. The van der Waals surface area contributed by atoms with Gasteiger partial charge in [0.05, 0.1) is 10.4 Å². The van der Waals surface area contributed by atoms with Gasteiger partial charge in [0.2, 0.25) is 0 Å². The van der Waals surface area contributed by atoms with Crippen LogP contribution >= 0.6 is 22.9 Å². The molecule has 1 aliphatic heterocycles. The molecule has 0 spiro atoms. The van der Waals surface area contributed by atoms with Crippen molar-refractivity contribution in [3.8, 4) is 0 Å². The van der Waals surface area contributed by atoms with Crippen LogP contribution < -0.4 is 0 Å². The predicted molar refractivity (Wildman–Crippen MR) is 68.1 cm³/mol. The molecule has 4 heteroatoms. The van der Waals surface area contributed by atoms with Gasteiger partial charge in [-0.1, -0.05) is 18.0 Å². The maximum Gasteiger partial charge on any atom is 0.146 e. The standard InChI is InChI=1S/C12H16ClNOS/c1-9(15)11-4-2-3-7-14(11)8-10-5-6-12(13)16-10/h5-6,11H,2-4,7-8H2,1H3. The van der Waals surface area contributed by atoms with Crippen LogP contribution in [0.5, 0.6) is 0 Å². The smallest absolute Gasteiger partial charge is 0.146 e. The van der Waals surface area contributed by atoms with Gasteiger partial charge >= 0.3 is 0 Å². The summed E-state index contributed by atoms with van der Waals surface area (Å²) in [6, 6.07) is 4.10. The average Bonchev–Trinajstić information content (AvgIpc) is 2.64. The van der Waals surface area contributed by atoms with Crippen molar-refractivity contribution in [1.82, 2.24) is 4.90 Å². The van der Waals surface area contributed by atoms with Crippen molar-refractivity contribution in [2.24, 2.45) is 0 Å². The van der Waals surface area contributed by atoms with Gasteiger partial charge in [0.15, 0.2) is 0 Å². The number of nitrogens with zero attached hydrogens (tertiary/aromatic N) is 1. The molecular formula is C12H16ClNOS. The second-order valence-electron chi connectivity index (χ2n) is 4.30. The monoisotopic (exact) mass is 257 g/mol. The zero-order chi connectivity index (χ0) is 11.5. The molecule has 0 radical (unpaired) electrons. The number of carbonyl (C=O) groups excluding carboxylic acids is 1. The van der Waals surface area contributed by atoms with Crippen LogP contribution in [0, 0.1) is 0 Å². The summed E-state index contributed by atoms with van der Waals surface area (Å²) in [5, 5.41) is 0. The Morgan fingerprint density at radius 3 is 3.00 bits per heavy atom. The van der Waals surface area contributed by atoms with Crippen LogP contribution in [0.2, 0.25) is 4.34 Å². The lowest BCUT2D eigenvalue weighted by atomic mass is 9.99. The van der Waals surface area contributed by atoms with E-state index in [1.807, 2.05) is 6.07 Å². The molecule has 88 valence electrons. The highest BCUT2D eigenvalue weighted by Crippen LogP contribution is 2.26. The van der Waals surface area contributed by atoms with E-state index in [0.29, 0.717) is 5.78 Å². The molecule has 1 saturated heterocycles. The predicted octanol–water partition coefficient (Wildman–Crippen LogP) is 3.35. The number of carbonyl (C=O) groups is 1. The quantitative estimate of drug-likeness (QED) is 0.828. The molecule has 0 saturated carbocycles. The first-order valence-corrected chi connectivity index (χ1v) is 6.85. The first kappa shape index (κ1) is 12.1. The van der Waals surface area contributed by atoms with E-state index in [-0.39, 0.29) is 6.04 Å². The third-order valence-electron chi connectivity index (χ3n) is 3.07. The largest absolute Gasteiger partial charge is 0.298 e. The minimum absolute atomic E-state index is 0.120. The van der Waals surface area contributed by atoms with Gasteiger partial charge < -0.3 is 0 Å². The van der Waals surface area contributed by atoms with E-state index >= 15 is 0 Å². The van der Waals surface area contributed by atoms with Gasteiger partial charge in [0.25, 0.3) is 0 Å². The van der Waals surface area contributed by atoms with Crippen molar-refractivity contribution in [2.75, 3.05) is 6.54 Å². The Balaban J connectivity index is 2.03. The van der Waals surface area contributed by atoms with Crippen LogP contribution in [0.4, 0.5) is 0 Å². The number of thiophene rings is 1. The third kappa shape index (κ3) is 2.84. The topological polar surface area (TPSA) is 20.3 Å². The highest BCUT2D eigenvalue weighted by atomic mass is 35.5. The fourth-order valence-electron chi connectivity index (χ4n) is 2.28. The van der Waals surface area contributed by atoms with Crippen molar-refractivity contribution >= 4 is 28.7 Å². The molecule has 0 aliphatic carbocycles. The van der Waals surface area contributed by atoms with Crippen LogP contribution in [-0.2, 0) is 11.3 Å². The summed E-state index contributed by atoms with van der Waals surface area (Å²) in [6.45, 7) is 3.59. The molecule has 1 atom stereocenters. The SMILES string of the molecule is CC(=O)C1CCCCN1Cc1ccc(Cl)s1. The van der Waals surface area contributed by atoms with Crippen LogP contribution in [-0.4, -0.2) is 23.3 Å². The number of hydrogen-bond acceptors (Lipinski definition) is 3. The number of hydrogen-bond donors (Lipinski definition) is 0. The van der Waals surface area contributed by atoms with E-state index in [0.717, 1.165) is 23.8 Å². The van der Waals surface area contributed by atoms with E-state index in [1.54, 1.807) is 18.3 Å².